The second kappa shape index (κ2) is 7.15. The number of imide groups is 1. The number of carbonyl (C=O) groups is 2. The maximum atomic E-state index is 13.3. The molecule has 4 rings (SSSR count). The topological polar surface area (TPSA) is 49.9 Å². The first-order valence-corrected chi connectivity index (χ1v) is 9.73. The predicted molar refractivity (Wildman–Crippen MR) is 109 cm³/mol. The summed E-state index contributed by atoms with van der Waals surface area (Å²) in [4.78, 5) is 29.9. The van der Waals surface area contributed by atoms with Crippen molar-refractivity contribution in [1.82, 2.24) is 4.90 Å². The third kappa shape index (κ3) is 2.87. The molecule has 0 atom stereocenters. The average molecular weight is 376 g/mol. The number of anilines is 1. The Kier molecular flexibility index (Phi) is 4.67. The fourth-order valence-corrected chi connectivity index (χ4v) is 3.97. The van der Waals surface area contributed by atoms with Crippen molar-refractivity contribution in [3.05, 3.63) is 65.4 Å². The molecule has 2 heterocycles. The van der Waals surface area contributed by atoms with Gasteiger partial charge in [0.1, 0.15) is 11.4 Å². The number of hydrogen-bond donors (Lipinski definition) is 0. The summed E-state index contributed by atoms with van der Waals surface area (Å²) in [5.74, 6) is 0.293. The summed E-state index contributed by atoms with van der Waals surface area (Å²) in [6.07, 6.45) is 0.860. The molecular weight excluding hydrogens is 352 g/mol. The van der Waals surface area contributed by atoms with E-state index in [1.54, 1.807) is 0 Å². The smallest absolute Gasteiger partial charge is 0.278 e. The minimum absolute atomic E-state index is 0.201. The van der Waals surface area contributed by atoms with Gasteiger partial charge >= 0.3 is 0 Å². The van der Waals surface area contributed by atoms with Gasteiger partial charge in [-0.3, -0.25) is 14.5 Å². The number of carbonyl (C=O) groups excluding carboxylic acids is 2. The Morgan fingerprint density at radius 1 is 1.00 bits per heavy atom. The molecule has 0 bridgehead atoms. The summed E-state index contributed by atoms with van der Waals surface area (Å²) in [6.45, 7) is 6.94. The summed E-state index contributed by atoms with van der Waals surface area (Å²) in [5, 5.41) is 0. The third-order valence-corrected chi connectivity index (χ3v) is 5.22. The Morgan fingerprint density at radius 2 is 1.71 bits per heavy atom. The maximum absolute atomic E-state index is 13.3. The van der Waals surface area contributed by atoms with Crippen molar-refractivity contribution in [2.24, 2.45) is 0 Å². The van der Waals surface area contributed by atoms with Gasteiger partial charge in [-0.25, -0.2) is 0 Å². The predicted octanol–water partition coefficient (Wildman–Crippen LogP) is 3.64. The highest BCUT2D eigenvalue weighted by atomic mass is 16.5. The Labute approximate surface area is 165 Å². The van der Waals surface area contributed by atoms with Crippen molar-refractivity contribution < 1.29 is 14.3 Å². The van der Waals surface area contributed by atoms with Crippen LogP contribution in [0.15, 0.2) is 54.2 Å². The lowest BCUT2D eigenvalue weighted by atomic mass is 10.0. The van der Waals surface area contributed by atoms with Gasteiger partial charge in [0.25, 0.3) is 11.8 Å². The maximum Gasteiger partial charge on any atom is 0.278 e. The first-order chi connectivity index (χ1) is 13.5. The van der Waals surface area contributed by atoms with Gasteiger partial charge < -0.3 is 9.64 Å². The molecule has 0 radical (unpaired) electrons. The molecule has 0 spiro atoms. The van der Waals surface area contributed by atoms with E-state index in [0.717, 1.165) is 23.4 Å². The summed E-state index contributed by atoms with van der Waals surface area (Å²) in [6, 6.07) is 15.3. The van der Waals surface area contributed by atoms with Crippen LogP contribution in [0.2, 0.25) is 0 Å². The number of nitrogens with zero attached hydrogens (tertiary/aromatic N) is 2. The van der Waals surface area contributed by atoms with Crippen LogP contribution in [0, 0.1) is 0 Å². The van der Waals surface area contributed by atoms with E-state index in [2.05, 4.69) is 6.07 Å². The molecule has 0 fully saturated rings. The van der Waals surface area contributed by atoms with E-state index in [-0.39, 0.29) is 17.9 Å². The Bertz CT molecular complexity index is 960. The molecule has 0 unspecified atom stereocenters. The lowest BCUT2D eigenvalue weighted by Gasteiger charge is -2.23. The van der Waals surface area contributed by atoms with Crippen LogP contribution in [0.4, 0.5) is 5.69 Å². The van der Waals surface area contributed by atoms with E-state index in [1.165, 1.54) is 10.5 Å². The van der Waals surface area contributed by atoms with Crippen molar-refractivity contribution >= 4 is 23.1 Å². The molecule has 0 N–H and O–H groups in total. The second-order valence-electron chi connectivity index (χ2n) is 7.29. The number of rotatable bonds is 5. The fourth-order valence-electron chi connectivity index (χ4n) is 3.97. The zero-order chi connectivity index (χ0) is 19.8. The van der Waals surface area contributed by atoms with Crippen LogP contribution in [0.3, 0.4) is 0 Å². The molecule has 0 aliphatic carbocycles. The van der Waals surface area contributed by atoms with Gasteiger partial charge in [0, 0.05) is 18.3 Å². The summed E-state index contributed by atoms with van der Waals surface area (Å²) in [7, 11) is 0. The lowest BCUT2D eigenvalue weighted by molar-refractivity contribution is -0.138. The van der Waals surface area contributed by atoms with Crippen LogP contribution in [-0.2, 0) is 16.0 Å². The van der Waals surface area contributed by atoms with Crippen LogP contribution in [0.1, 0.15) is 31.9 Å². The minimum Gasteiger partial charge on any atom is -0.494 e. The molecule has 0 saturated carbocycles. The van der Waals surface area contributed by atoms with Gasteiger partial charge in [-0.05, 0) is 56.5 Å². The number of fused-ring (bicyclic) bond motifs is 1. The number of benzene rings is 2. The molecule has 0 aromatic heterocycles. The van der Waals surface area contributed by atoms with Crippen molar-refractivity contribution in [2.75, 3.05) is 18.1 Å². The SMILES string of the molecule is CCOc1ccc(C2=C(N3CCc4ccccc43)C(=O)N(C(C)C)C2=O)cc1. The first kappa shape index (κ1) is 18.3. The van der Waals surface area contributed by atoms with E-state index in [1.807, 2.05) is 68.1 Å². The van der Waals surface area contributed by atoms with Gasteiger partial charge in [0.15, 0.2) is 0 Å². The zero-order valence-corrected chi connectivity index (χ0v) is 16.4. The first-order valence-electron chi connectivity index (χ1n) is 9.73. The van der Waals surface area contributed by atoms with E-state index >= 15 is 0 Å². The summed E-state index contributed by atoms with van der Waals surface area (Å²) in [5.41, 5.74) is 3.90. The summed E-state index contributed by atoms with van der Waals surface area (Å²) < 4.78 is 5.52. The Morgan fingerprint density at radius 3 is 2.39 bits per heavy atom. The van der Waals surface area contributed by atoms with Crippen LogP contribution in [-0.4, -0.2) is 35.9 Å². The van der Waals surface area contributed by atoms with Crippen molar-refractivity contribution in [3.63, 3.8) is 0 Å². The van der Waals surface area contributed by atoms with Gasteiger partial charge in [-0.15, -0.1) is 0 Å². The van der Waals surface area contributed by atoms with Crippen LogP contribution < -0.4 is 9.64 Å². The Hall–Kier alpha value is -3.08. The highest BCUT2D eigenvalue weighted by Crippen LogP contribution is 2.39. The normalized spacial score (nSPS) is 16.4. The van der Waals surface area contributed by atoms with Gasteiger partial charge in [-0.2, -0.15) is 0 Å². The third-order valence-electron chi connectivity index (χ3n) is 5.22. The van der Waals surface area contributed by atoms with Crippen molar-refractivity contribution in [3.8, 4) is 5.75 Å². The lowest BCUT2D eigenvalue weighted by Crippen LogP contribution is -2.39. The molecule has 5 heteroatoms. The van der Waals surface area contributed by atoms with E-state index in [4.69, 9.17) is 4.74 Å². The zero-order valence-electron chi connectivity index (χ0n) is 16.4. The fraction of sp³-hybridized carbons (Fsp3) is 0.304. The molecule has 144 valence electrons. The molecule has 2 aromatic rings. The van der Waals surface area contributed by atoms with Crippen molar-refractivity contribution in [1.29, 1.82) is 0 Å². The molecule has 2 aliphatic heterocycles. The highest BCUT2D eigenvalue weighted by Gasteiger charge is 2.44. The van der Waals surface area contributed by atoms with Gasteiger partial charge in [-0.1, -0.05) is 30.3 Å². The molecule has 2 aromatic carbocycles. The largest absolute Gasteiger partial charge is 0.494 e. The van der Waals surface area contributed by atoms with Crippen molar-refractivity contribution in [2.45, 2.75) is 33.2 Å². The molecule has 2 amide bonds. The van der Waals surface area contributed by atoms with E-state index in [9.17, 15) is 9.59 Å². The van der Waals surface area contributed by atoms with Gasteiger partial charge in [0.05, 0.1) is 12.2 Å². The average Bonchev–Trinajstić information content (AvgIpc) is 3.21. The molecule has 28 heavy (non-hydrogen) atoms. The molecule has 2 aliphatic rings. The van der Waals surface area contributed by atoms with Gasteiger partial charge in [0.2, 0.25) is 0 Å². The quantitative estimate of drug-likeness (QED) is 0.748. The van der Waals surface area contributed by atoms with Crippen LogP contribution in [0.5, 0.6) is 5.75 Å². The van der Waals surface area contributed by atoms with Crippen LogP contribution in [0.25, 0.3) is 5.57 Å². The monoisotopic (exact) mass is 376 g/mol. The standard InChI is InChI=1S/C23H24N2O3/c1-4-28-18-11-9-17(10-12-18)20-21(23(27)25(15(2)3)22(20)26)24-14-13-16-7-5-6-8-19(16)24/h5-12,15H,4,13-14H2,1-3H3. The minimum atomic E-state index is -0.233. The molecule has 5 nitrogen and oxygen atoms in total. The Balaban J connectivity index is 1.84. The number of hydrogen-bond acceptors (Lipinski definition) is 4. The number of amides is 2. The molecule has 0 saturated heterocycles. The number of ether oxygens (including phenoxy) is 1. The van der Waals surface area contributed by atoms with E-state index in [0.29, 0.717) is 24.4 Å². The van der Waals surface area contributed by atoms with Crippen LogP contribution >= 0.6 is 0 Å². The molecular formula is C23H24N2O3. The number of para-hydroxylation sites is 1. The van der Waals surface area contributed by atoms with E-state index < -0.39 is 0 Å². The summed E-state index contributed by atoms with van der Waals surface area (Å²) >= 11 is 0. The highest BCUT2D eigenvalue weighted by molar-refractivity contribution is 6.37. The second-order valence-corrected chi connectivity index (χ2v) is 7.29.